The molecule has 0 saturated heterocycles. The van der Waals surface area contributed by atoms with Crippen LogP contribution in [-0.4, -0.2) is 44.8 Å². The number of amides is 1. The van der Waals surface area contributed by atoms with E-state index in [0.717, 1.165) is 26.8 Å². The average molecular weight is 396 g/mol. The van der Waals surface area contributed by atoms with Gasteiger partial charge in [0.1, 0.15) is 10.8 Å². The van der Waals surface area contributed by atoms with E-state index in [4.69, 9.17) is 4.74 Å². The summed E-state index contributed by atoms with van der Waals surface area (Å²) < 4.78 is 30.3. The number of nitrogens with zero attached hydrogens (tertiary/aromatic N) is 1. The van der Waals surface area contributed by atoms with Gasteiger partial charge in [-0.15, -0.1) is 11.3 Å². The molecule has 0 aliphatic heterocycles. The second-order valence-electron chi connectivity index (χ2n) is 5.56. The molecule has 0 spiro atoms. The zero-order valence-corrected chi connectivity index (χ0v) is 16.1. The van der Waals surface area contributed by atoms with E-state index in [-0.39, 0.29) is 4.21 Å². The number of hydrogen-bond donors (Lipinski definition) is 1. The predicted molar refractivity (Wildman–Crippen MR) is 98.1 cm³/mol. The molecular formula is C17H20N2O5S2. The normalized spacial score (nSPS) is 11.3. The lowest BCUT2D eigenvalue weighted by atomic mass is 10.1. The summed E-state index contributed by atoms with van der Waals surface area (Å²) in [6.07, 6.45) is 0. The highest BCUT2D eigenvalue weighted by molar-refractivity contribution is 7.91. The molecule has 0 atom stereocenters. The third kappa shape index (κ3) is 5.38. The number of thiophene rings is 1. The number of likely N-dealkylation sites (N-methyl/N-ethyl adjacent to an activating group) is 1. The SMILES string of the molecule is Cc1ccccc1CNC(=O)COC(=O)CN(C)S(=O)(=O)c1cccs1. The Morgan fingerprint density at radius 1 is 1.19 bits per heavy atom. The van der Waals surface area contributed by atoms with Crippen LogP contribution in [0.4, 0.5) is 0 Å². The number of hydrogen-bond acceptors (Lipinski definition) is 6. The van der Waals surface area contributed by atoms with E-state index in [0.29, 0.717) is 6.54 Å². The molecule has 26 heavy (non-hydrogen) atoms. The summed E-state index contributed by atoms with van der Waals surface area (Å²) in [6.45, 7) is 1.34. The second-order valence-corrected chi connectivity index (χ2v) is 8.78. The Kier molecular flexibility index (Phi) is 6.90. The molecule has 2 aromatic rings. The predicted octanol–water partition coefficient (Wildman–Crippen LogP) is 1.54. The number of carbonyl (C=O) groups excluding carboxylic acids is 2. The first-order valence-corrected chi connectivity index (χ1v) is 10.1. The van der Waals surface area contributed by atoms with Gasteiger partial charge in [0.15, 0.2) is 6.61 Å². The molecule has 0 saturated carbocycles. The highest BCUT2D eigenvalue weighted by Crippen LogP contribution is 2.19. The fourth-order valence-electron chi connectivity index (χ4n) is 2.08. The van der Waals surface area contributed by atoms with Crippen LogP contribution in [0.3, 0.4) is 0 Å². The molecular weight excluding hydrogens is 376 g/mol. The Labute approximate surface area is 156 Å². The minimum absolute atomic E-state index is 0.142. The number of nitrogens with one attached hydrogen (secondary N) is 1. The fourth-order valence-corrected chi connectivity index (χ4v) is 4.39. The summed E-state index contributed by atoms with van der Waals surface area (Å²) in [5.74, 6) is -1.25. The van der Waals surface area contributed by atoms with E-state index in [1.54, 1.807) is 11.4 Å². The summed E-state index contributed by atoms with van der Waals surface area (Å²) in [6, 6.07) is 10.7. The molecule has 1 aromatic carbocycles. The van der Waals surface area contributed by atoms with E-state index >= 15 is 0 Å². The van der Waals surface area contributed by atoms with E-state index in [9.17, 15) is 18.0 Å². The highest BCUT2D eigenvalue weighted by atomic mass is 32.2. The van der Waals surface area contributed by atoms with Crippen molar-refractivity contribution in [1.29, 1.82) is 0 Å². The largest absolute Gasteiger partial charge is 0.455 e. The Balaban J connectivity index is 1.77. The van der Waals surface area contributed by atoms with Crippen LogP contribution >= 0.6 is 11.3 Å². The lowest BCUT2D eigenvalue weighted by Gasteiger charge is -2.15. The van der Waals surface area contributed by atoms with Crippen LogP contribution in [0, 0.1) is 6.92 Å². The van der Waals surface area contributed by atoms with Crippen LogP contribution in [0.25, 0.3) is 0 Å². The van der Waals surface area contributed by atoms with Gasteiger partial charge in [-0.05, 0) is 29.5 Å². The molecule has 9 heteroatoms. The van der Waals surface area contributed by atoms with Gasteiger partial charge >= 0.3 is 5.97 Å². The maximum Gasteiger partial charge on any atom is 0.321 e. The van der Waals surface area contributed by atoms with Crippen molar-refractivity contribution in [2.45, 2.75) is 17.7 Å². The van der Waals surface area contributed by atoms with Gasteiger partial charge in [0.2, 0.25) is 0 Å². The van der Waals surface area contributed by atoms with Crippen molar-refractivity contribution in [3.63, 3.8) is 0 Å². The average Bonchev–Trinajstić information content (AvgIpc) is 3.14. The molecule has 2 rings (SSSR count). The van der Waals surface area contributed by atoms with Crippen LogP contribution in [0.1, 0.15) is 11.1 Å². The number of ether oxygens (including phenoxy) is 1. The quantitative estimate of drug-likeness (QED) is 0.683. The zero-order valence-electron chi connectivity index (χ0n) is 14.5. The maximum absolute atomic E-state index is 12.2. The van der Waals surface area contributed by atoms with Gasteiger partial charge in [0, 0.05) is 13.6 Å². The number of rotatable bonds is 8. The molecule has 1 heterocycles. The standard InChI is InChI=1S/C17H20N2O5S2/c1-13-6-3-4-7-14(13)10-18-15(20)12-24-16(21)11-19(2)26(22,23)17-8-5-9-25-17/h3-9H,10-12H2,1-2H3,(H,18,20). The second kappa shape index (κ2) is 8.93. The minimum atomic E-state index is -3.73. The van der Waals surface area contributed by atoms with Gasteiger partial charge < -0.3 is 10.1 Å². The molecule has 0 aliphatic rings. The Hall–Kier alpha value is -2.23. The number of aryl methyl sites for hydroxylation is 1. The molecule has 0 aliphatic carbocycles. The lowest BCUT2D eigenvalue weighted by Crippen LogP contribution is -2.35. The lowest BCUT2D eigenvalue weighted by molar-refractivity contribution is -0.148. The van der Waals surface area contributed by atoms with Crippen LogP contribution in [-0.2, 0) is 30.9 Å². The van der Waals surface area contributed by atoms with E-state index in [2.05, 4.69) is 5.32 Å². The summed E-state index contributed by atoms with van der Waals surface area (Å²) in [7, 11) is -2.44. The summed E-state index contributed by atoms with van der Waals surface area (Å²) >= 11 is 1.06. The van der Waals surface area contributed by atoms with Crippen LogP contribution in [0.5, 0.6) is 0 Å². The van der Waals surface area contributed by atoms with Crippen LogP contribution < -0.4 is 5.32 Å². The van der Waals surface area contributed by atoms with E-state index in [1.165, 1.54) is 13.1 Å². The number of sulfonamides is 1. The van der Waals surface area contributed by atoms with Gasteiger partial charge in [-0.1, -0.05) is 30.3 Å². The topological polar surface area (TPSA) is 92.8 Å². The van der Waals surface area contributed by atoms with Gasteiger partial charge in [0.05, 0.1) is 0 Å². The van der Waals surface area contributed by atoms with Gasteiger partial charge in [-0.3, -0.25) is 9.59 Å². The number of carbonyl (C=O) groups is 2. The first-order valence-electron chi connectivity index (χ1n) is 7.77. The Morgan fingerprint density at radius 3 is 2.58 bits per heavy atom. The first-order chi connectivity index (χ1) is 12.3. The third-order valence-corrected chi connectivity index (χ3v) is 6.79. The van der Waals surface area contributed by atoms with Crippen LogP contribution in [0.2, 0.25) is 0 Å². The van der Waals surface area contributed by atoms with Crippen molar-refractivity contribution in [3.8, 4) is 0 Å². The smallest absolute Gasteiger partial charge is 0.321 e. The van der Waals surface area contributed by atoms with Crippen molar-refractivity contribution >= 4 is 33.2 Å². The molecule has 140 valence electrons. The summed E-state index contributed by atoms with van der Waals surface area (Å²) in [4.78, 5) is 23.6. The fraction of sp³-hybridized carbons (Fsp3) is 0.294. The van der Waals surface area contributed by atoms with E-state index in [1.807, 2.05) is 31.2 Å². The molecule has 1 aromatic heterocycles. The first kappa shape index (κ1) is 20.1. The number of esters is 1. The van der Waals surface area contributed by atoms with Gasteiger partial charge in [0.25, 0.3) is 15.9 Å². The summed E-state index contributed by atoms with van der Waals surface area (Å²) in [5.41, 5.74) is 2.01. The third-order valence-electron chi connectivity index (χ3n) is 3.61. The maximum atomic E-state index is 12.2. The summed E-state index contributed by atoms with van der Waals surface area (Å²) in [5, 5.41) is 4.29. The van der Waals surface area contributed by atoms with Crippen molar-refractivity contribution < 1.29 is 22.7 Å². The molecule has 0 radical (unpaired) electrons. The monoisotopic (exact) mass is 396 g/mol. The highest BCUT2D eigenvalue weighted by Gasteiger charge is 2.24. The molecule has 7 nitrogen and oxygen atoms in total. The van der Waals surface area contributed by atoms with Gasteiger partial charge in [-0.25, -0.2) is 8.42 Å². The Bertz CT molecular complexity index is 863. The van der Waals surface area contributed by atoms with Crippen molar-refractivity contribution in [1.82, 2.24) is 9.62 Å². The molecule has 0 fully saturated rings. The van der Waals surface area contributed by atoms with Crippen molar-refractivity contribution in [3.05, 3.63) is 52.9 Å². The Morgan fingerprint density at radius 2 is 1.92 bits per heavy atom. The molecule has 1 amide bonds. The van der Waals surface area contributed by atoms with Crippen molar-refractivity contribution in [2.24, 2.45) is 0 Å². The minimum Gasteiger partial charge on any atom is -0.455 e. The van der Waals surface area contributed by atoms with Gasteiger partial charge in [-0.2, -0.15) is 4.31 Å². The molecule has 0 unspecified atom stereocenters. The van der Waals surface area contributed by atoms with Crippen molar-refractivity contribution in [2.75, 3.05) is 20.2 Å². The number of benzene rings is 1. The molecule has 0 bridgehead atoms. The molecule has 1 N–H and O–H groups in total. The zero-order chi connectivity index (χ0) is 19.2. The van der Waals surface area contributed by atoms with E-state index < -0.39 is 35.1 Å². The van der Waals surface area contributed by atoms with Crippen LogP contribution in [0.15, 0.2) is 46.0 Å².